The van der Waals surface area contributed by atoms with Crippen LogP contribution in [-0.4, -0.2) is 64.7 Å². The van der Waals surface area contributed by atoms with Crippen molar-refractivity contribution < 1.29 is 19.1 Å². The van der Waals surface area contributed by atoms with Crippen LogP contribution in [0.2, 0.25) is 0 Å². The fourth-order valence-corrected chi connectivity index (χ4v) is 7.09. The summed E-state index contributed by atoms with van der Waals surface area (Å²) in [6.07, 6.45) is 2.21. The van der Waals surface area contributed by atoms with Gasteiger partial charge in [0.2, 0.25) is 0 Å². The number of nitrogens with zero attached hydrogens (tertiary/aromatic N) is 4. The van der Waals surface area contributed by atoms with E-state index >= 15 is 0 Å². The highest BCUT2D eigenvalue weighted by Gasteiger charge is 2.32. The van der Waals surface area contributed by atoms with E-state index in [1.165, 1.54) is 0 Å². The second kappa shape index (κ2) is 13.2. The molecular weight excluding hydrogens is 620 g/mol. The normalized spacial score (nSPS) is 15.6. The lowest BCUT2D eigenvalue weighted by atomic mass is 9.99. The molecule has 6 rings (SSSR count). The monoisotopic (exact) mass is 664 g/mol. The Morgan fingerprint density at radius 1 is 1.06 bits per heavy atom. The number of hydrogen-bond donors (Lipinski definition) is 2. The molecule has 2 aliphatic rings. The molecule has 2 aliphatic heterocycles. The Hall–Kier alpha value is -4.92. The maximum atomic E-state index is 13.8. The first-order valence-corrected chi connectivity index (χ1v) is 16.8. The van der Waals surface area contributed by atoms with Crippen LogP contribution in [0, 0.1) is 32.1 Å². The van der Waals surface area contributed by atoms with Crippen molar-refractivity contribution in [2.24, 2.45) is 0 Å². The molecule has 1 saturated heterocycles. The van der Waals surface area contributed by atoms with Gasteiger partial charge < -0.3 is 24.2 Å². The van der Waals surface area contributed by atoms with E-state index in [1.807, 2.05) is 71.9 Å². The summed E-state index contributed by atoms with van der Waals surface area (Å²) in [6.45, 7) is 16.7. The molecule has 2 N–H and O–H groups in total. The van der Waals surface area contributed by atoms with Gasteiger partial charge in [0.15, 0.2) is 0 Å². The van der Waals surface area contributed by atoms with Crippen molar-refractivity contribution in [3.05, 3.63) is 91.7 Å². The summed E-state index contributed by atoms with van der Waals surface area (Å²) in [5.41, 5.74) is 8.14. The van der Waals surface area contributed by atoms with E-state index in [9.17, 15) is 19.6 Å². The zero-order valence-corrected chi connectivity index (χ0v) is 29.3. The van der Waals surface area contributed by atoms with Gasteiger partial charge in [0.05, 0.1) is 24.5 Å². The standard InChI is InChI=1S/C38H44N6O5/c1-22-14-23(2)41-36(46)32(22)20-40-35(45)31-18-30-17-29(21-44(30)33(24(31)3)25(4)42-10-12-48-13-11-42)27-15-26-8-9-43(34(26)28(16-27)19-39)37(47)49-38(5,6)7/h14-18,21,25H,8-13,20H2,1-7H3,(H,40,45)(H,41,46). The van der Waals surface area contributed by atoms with Crippen LogP contribution >= 0.6 is 0 Å². The summed E-state index contributed by atoms with van der Waals surface area (Å²) in [7, 11) is 0. The van der Waals surface area contributed by atoms with Gasteiger partial charge in [0, 0.05) is 72.0 Å². The lowest BCUT2D eigenvalue weighted by molar-refractivity contribution is 0.0187. The minimum Gasteiger partial charge on any atom is -0.443 e. The number of fused-ring (bicyclic) bond motifs is 2. The Bertz CT molecular complexity index is 2060. The van der Waals surface area contributed by atoms with Crippen molar-refractivity contribution in [2.45, 2.75) is 73.1 Å². The van der Waals surface area contributed by atoms with E-state index in [0.717, 1.165) is 57.8 Å². The van der Waals surface area contributed by atoms with E-state index in [-0.39, 0.29) is 24.1 Å². The van der Waals surface area contributed by atoms with E-state index in [2.05, 4.69) is 38.8 Å². The first-order valence-electron chi connectivity index (χ1n) is 16.8. The maximum absolute atomic E-state index is 13.8. The molecule has 1 atom stereocenters. The Morgan fingerprint density at radius 3 is 2.47 bits per heavy atom. The fraction of sp³-hybridized carbons (Fsp3) is 0.421. The Kier molecular flexibility index (Phi) is 9.13. The first-order chi connectivity index (χ1) is 23.3. The molecule has 3 aromatic heterocycles. The number of morpholine rings is 1. The van der Waals surface area contributed by atoms with Crippen molar-refractivity contribution in [1.82, 2.24) is 19.6 Å². The molecule has 5 heterocycles. The summed E-state index contributed by atoms with van der Waals surface area (Å²) in [5, 5.41) is 13.2. The lowest BCUT2D eigenvalue weighted by Crippen LogP contribution is -2.39. The highest BCUT2D eigenvalue weighted by molar-refractivity contribution is 5.98. The zero-order valence-electron chi connectivity index (χ0n) is 29.3. The van der Waals surface area contributed by atoms with Gasteiger partial charge in [-0.25, -0.2) is 4.79 Å². The van der Waals surface area contributed by atoms with Crippen molar-refractivity contribution >= 4 is 23.2 Å². The van der Waals surface area contributed by atoms with Crippen LogP contribution in [0.5, 0.6) is 0 Å². The highest BCUT2D eigenvalue weighted by atomic mass is 16.6. The fourth-order valence-electron chi connectivity index (χ4n) is 7.09. The number of aromatic amines is 1. The number of hydrogen-bond acceptors (Lipinski definition) is 7. The maximum Gasteiger partial charge on any atom is 0.414 e. The molecule has 11 nitrogen and oxygen atoms in total. The van der Waals surface area contributed by atoms with Crippen LogP contribution in [0.4, 0.5) is 10.5 Å². The average molecular weight is 665 g/mol. The molecule has 0 aliphatic carbocycles. The predicted molar refractivity (Wildman–Crippen MR) is 188 cm³/mol. The van der Waals surface area contributed by atoms with Crippen molar-refractivity contribution in [3.63, 3.8) is 0 Å². The molecule has 1 unspecified atom stereocenters. The van der Waals surface area contributed by atoms with E-state index in [1.54, 1.807) is 4.90 Å². The molecular formula is C38H44N6O5. The summed E-state index contributed by atoms with van der Waals surface area (Å²) in [6, 6.07) is 12.0. The molecule has 0 spiro atoms. The molecule has 0 radical (unpaired) electrons. The van der Waals surface area contributed by atoms with E-state index in [0.29, 0.717) is 48.6 Å². The molecule has 0 bridgehead atoms. The number of aromatic nitrogens is 2. The van der Waals surface area contributed by atoms with Crippen LogP contribution in [0.1, 0.15) is 83.3 Å². The van der Waals surface area contributed by atoms with Gasteiger partial charge in [-0.2, -0.15) is 5.26 Å². The Balaban J connectivity index is 1.41. The summed E-state index contributed by atoms with van der Waals surface area (Å²) >= 11 is 0. The molecule has 0 saturated carbocycles. The quantitative estimate of drug-likeness (QED) is 0.270. The van der Waals surface area contributed by atoms with Crippen molar-refractivity contribution in [3.8, 4) is 17.2 Å². The number of H-pyrrole nitrogens is 1. The van der Waals surface area contributed by atoms with Gasteiger partial charge >= 0.3 is 6.09 Å². The highest BCUT2D eigenvalue weighted by Crippen LogP contribution is 2.38. The van der Waals surface area contributed by atoms with Gasteiger partial charge in [-0.1, -0.05) is 0 Å². The topological polar surface area (TPSA) is 132 Å². The molecule has 11 heteroatoms. The number of amides is 2. The number of carbonyl (C=O) groups excluding carboxylic acids is 2. The van der Waals surface area contributed by atoms with E-state index in [4.69, 9.17) is 9.47 Å². The van der Waals surface area contributed by atoms with Crippen LogP contribution in [0.15, 0.2) is 41.3 Å². The largest absolute Gasteiger partial charge is 0.443 e. The van der Waals surface area contributed by atoms with Gasteiger partial charge in [-0.3, -0.25) is 19.4 Å². The summed E-state index contributed by atoms with van der Waals surface area (Å²) < 4.78 is 13.4. The molecule has 4 aromatic rings. The second-order valence-corrected chi connectivity index (χ2v) is 14.1. The van der Waals surface area contributed by atoms with Crippen LogP contribution < -0.4 is 15.8 Å². The summed E-state index contributed by atoms with van der Waals surface area (Å²) in [5.74, 6) is -0.260. The molecule has 2 amide bonds. The number of carbonyl (C=O) groups is 2. The first kappa shape index (κ1) is 34.0. The van der Waals surface area contributed by atoms with Crippen molar-refractivity contribution in [1.29, 1.82) is 5.26 Å². The Morgan fingerprint density at radius 2 is 1.80 bits per heavy atom. The number of anilines is 1. The third kappa shape index (κ3) is 6.71. The molecule has 49 heavy (non-hydrogen) atoms. The molecule has 1 aromatic carbocycles. The van der Waals surface area contributed by atoms with Gasteiger partial charge in [-0.05, 0) is 107 Å². The number of benzene rings is 1. The Labute approximate surface area is 286 Å². The van der Waals surface area contributed by atoms with Crippen LogP contribution in [0.3, 0.4) is 0 Å². The van der Waals surface area contributed by atoms with Gasteiger partial charge in [0.25, 0.3) is 11.5 Å². The third-order valence-corrected chi connectivity index (χ3v) is 9.47. The molecule has 1 fully saturated rings. The third-order valence-electron chi connectivity index (χ3n) is 9.47. The smallest absolute Gasteiger partial charge is 0.414 e. The van der Waals surface area contributed by atoms with Gasteiger partial charge in [-0.15, -0.1) is 0 Å². The number of aryl methyl sites for hydroxylation is 2. The SMILES string of the molecule is Cc1cc(C)c(CNC(=O)c2cc3cc(-c4cc(C#N)c5c(c4)CCN5C(=O)OC(C)(C)C)cn3c(C(C)N3CCOCC3)c2C)c(=O)[nH]1. The number of pyridine rings is 2. The number of ether oxygens (including phenoxy) is 2. The average Bonchev–Trinajstić information content (AvgIpc) is 3.67. The number of rotatable bonds is 6. The van der Waals surface area contributed by atoms with E-state index < -0.39 is 11.7 Å². The van der Waals surface area contributed by atoms with Crippen LogP contribution in [0.25, 0.3) is 16.6 Å². The number of nitrogens with one attached hydrogen (secondary N) is 2. The minimum absolute atomic E-state index is 0.0290. The van der Waals surface area contributed by atoms with Gasteiger partial charge in [0.1, 0.15) is 11.7 Å². The van der Waals surface area contributed by atoms with Crippen LogP contribution in [-0.2, 0) is 22.4 Å². The predicted octanol–water partition coefficient (Wildman–Crippen LogP) is 5.71. The molecule has 256 valence electrons. The minimum atomic E-state index is -0.652. The zero-order chi connectivity index (χ0) is 35.2. The second-order valence-electron chi connectivity index (χ2n) is 14.1. The summed E-state index contributed by atoms with van der Waals surface area (Å²) in [4.78, 5) is 46.3. The van der Waals surface area contributed by atoms with Crippen molar-refractivity contribution in [2.75, 3.05) is 37.7 Å². The number of nitriles is 1. The lowest BCUT2D eigenvalue weighted by Gasteiger charge is -2.34.